The second-order valence-corrected chi connectivity index (χ2v) is 2.41. The van der Waals surface area contributed by atoms with Crippen molar-refractivity contribution >= 4 is 5.71 Å². The smallest absolute Gasteiger partial charge is 0.160 e. The van der Waals surface area contributed by atoms with Crippen molar-refractivity contribution in [1.29, 1.82) is 0 Å². The lowest BCUT2D eigenvalue weighted by Gasteiger charge is -2.12. The zero-order valence-electron chi connectivity index (χ0n) is 5.97. The molecule has 0 radical (unpaired) electrons. The number of rotatable bonds is 3. The van der Waals surface area contributed by atoms with Gasteiger partial charge < -0.3 is 20.2 Å². The normalized spacial score (nSPS) is 26.1. The van der Waals surface area contributed by atoms with E-state index in [2.05, 4.69) is 5.16 Å². The van der Waals surface area contributed by atoms with Crippen LogP contribution < -0.4 is 0 Å². The van der Waals surface area contributed by atoms with Gasteiger partial charge in [0.15, 0.2) is 6.10 Å². The summed E-state index contributed by atoms with van der Waals surface area (Å²) in [4.78, 5) is 4.73. The standard InChI is InChI=1S/C6H11NO4/c8-2-4-1-6(11-7-4)5(10)3-9/h5-6,8-10H,1-3H2/t5-,6-/m0/s1. The summed E-state index contributed by atoms with van der Waals surface area (Å²) in [5.41, 5.74) is 0.502. The molecule has 0 aliphatic carbocycles. The van der Waals surface area contributed by atoms with Crippen LogP contribution in [0.2, 0.25) is 0 Å². The largest absolute Gasteiger partial charge is 0.394 e. The van der Waals surface area contributed by atoms with Crippen LogP contribution in [0, 0.1) is 0 Å². The highest BCUT2D eigenvalue weighted by Gasteiger charge is 2.26. The first-order chi connectivity index (χ1) is 5.27. The van der Waals surface area contributed by atoms with Gasteiger partial charge in [-0.25, -0.2) is 0 Å². The van der Waals surface area contributed by atoms with Gasteiger partial charge in [0.05, 0.1) is 18.9 Å². The zero-order chi connectivity index (χ0) is 8.27. The highest BCUT2D eigenvalue weighted by atomic mass is 16.7. The van der Waals surface area contributed by atoms with E-state index in [0.717, 1.165) is 0 Å². The predicted octanol–water partition coefficient (Wildman–Crippen LogP) is -1.52. The molecule has 2 atom stereocenters. The van der Waals surface area contributed by atoms with E-state index in [9.17, 15) is 0 Å². The van der Waals surface area contributed by atoms with Crippen LogP contribution in [0.3, 0.4) is 0 Å². The summed E-state index contributed by atoms with van der Waals surface area (Å²) >= 11 is 0. The van der Waals surface area contributed by atoms with Gasteiger partial charge in [0.25, 0.3) is 0 Å². The molecule has 5 nitrogen and oxygen atoms in total. The average Bonchev–Trinajstić information content (AvgIpc) is 2.50. The molecule has 0 amide bonds. The molecule has 1 aliphatic rings. The van der Waals surface area contributed by atoms with Crippen LogP contribution in [0.5, 0.6) is 0 Å². The first-order valence-electron chi connectivity index (χ1n) is 3.39. The Morgan fingerprint density at radius 2 is 2.36 bits per heavy atom. The van der Waals surface area contributed by atoms with E-state index < -0.39 is 12.2 Å². The van der Waals surface area contributed by atoms with Crippen molar-refractivity contribution in [2.75, 3.05) is 13.2 Å². The van der Waals surface area contributed by atoms with E-state index in [1.807, 2.05) is 0 Å². The molecule has 0 saturated heterocycles. The molecule has 64 valence electrons. The van der Waals surface area contributed by atoms with Crippen LogP contribution in [-0.4, -0.2) is 46.5 Å². The third-order valence-electron chi connectivity index (χ3n) is 1.55. The van der Waals surface area contributed by atoms with Gasteiger partial charge in [-0.2, -0.15) is 0 Å². The molecule has 0 saturated carbocycles. The fourth-order valence-electron chi connectivity index (χ4n) is 0.866. The maximum Gasteiger partial charge on any atom is 0.160 e. The third kappa shape index (κ3) is 1.89. The number of oxime groups is 1. The molecule has 1 aliphatic heterocycles. The Hall–Kier alpha value is -0.650. The summed E-state index contributed by atoms with van der Waals surface area (Å²) in [6, 6.07) is 0. The monoisotopic (exact) mass is 161 g/mol. The number of nitrogens with zero attached hydrogens (tertiary/aromatic N) is 1. The topological polar surface area (TPSA) is 82.3 Å². The fourth-order valence-corrected chi connectivity index (χ4v) is 0.866. The molecule has 0 unspecified atom stereocenters. The summed E-state index contributed by atoms with van der Waals surface area (Å²) in [6.45, 7) is -0.506. The average molecular weight is 161 g/mol. The Morgan fingerprint density at radius 3 is 2.82 bits per heavy atom. The minimum absolute atomic E-state index is 0.158. The van der Waals surface area contributed by atoms with Crippen molar-refractivity contribution in [1.82, 2.24) is 0 Å². The van der Waals surface area contributed by atoms with Crippen LogP contribution in [0.1, 0.15) is 6.42 Å². The first-order valence-corrected chi connectivity index (χ1v) is 3.39. The van der Waals surface area contributed by atoms with Crippen LogP contribution in [0.25, 0.3) is 0 Å². The van der Waals surface area contributed by atoms with Gasteiger partial charge in [-0.1, -0.05) is 5.16 Å². The van der Waals surface area contributed by atoms with E-state index in [4.69, 9.17) is 20.2 Å². The van der Waals surface area contributed by atoms with Crippen molar-refractivity contribution in [3.63, 3.8) is 0 Å². The molecule has 1 heterocycles. The lowest BCUT2D eigenvalue weighted by Crippen LogP contribution is -2.29. The van der Waals surface area contributed by atoms with Gasteiger partial charge in [-0.15, -0.1) is 0 Å². The van der Waals surface area contributed by atoms with Crippen LogP contribution >= 0.6 is 0 Å². The molecule has 0 aromatic carbocycles. The number of hydrogen-bond acceptors (Lipinski definition) is 5. The van der Waals surface area contributed by atoms with E-state index in [0.29, 0.717) is 12.1 Å². The van der Waals surface area contributed by atoms with E-state index in [-0.39, 0.29) is 13.2 Å². The van der Waals surface area contributed by atoms with Crippen molar-refractivity contribution in [2.24, 2.45) is 5.16 Å². The van der Waals surface area contributed by atoms with Gasteiger partial charge in [-0.3, -0.25) is 0 Å². The molecular formula is C6H11NO4. The summed E-state index contributed by atoms with van der Waals surface area (Å²) in [7, 11) is 0. The SMILES string of the molecule is OCC1=NO[C@H]([C@@H](O)CO)C1. The lowest BCUT2D eigenvalue weighted by atomic mass is 10.1. The highest BCUT2D eigenvalue weighted by molar-refractivity contribution is 5.86. The Labute approximate surface area is 63.9 Å². The molecular weight excluding hydrogens is 150 g/mol. The molecule has 5 heteroatoms. The lowest BCUT2D eigenvalue weighted by molar-refractivity contribution is -0.0407. The number of aliphatic hydroxyl groups excluding tert-OH is 3. The maximum absolute atomic E-state index is 9.04. The third-order valence-corrected chi connectivity index (χ3v) is 1.55. The quantitative estimate of drug-likeness (QED) is 0.469. The highest BCUT2D eigenvalue weighted by Crippen LogP contribution is 2.13. The first kappa shape index (κ1) is 8.45. The maximum atomic E-state index is 9.04. The van der Waals surface area contributed by atoms with Crippen molar-refractivity contribution in [2.45, 2.75) is 18.6 Å². The summed E-state index contributed by atoms with van der Waals surface area (Å²) < 4.78 is 0. The molecule has 3 N–H and O–H groups in total. The van der Waals surface area contributed by atoms with Gasteiger partial charge in [0.1, 0.15) is 6.10 Å². The minimum atomic E-state index is -0.914. The Bertz CT molecular complexity index is 159. The van der Waals surface area contributed by atoms with Gasteiger partial charge >= 0.3 is 0 Å². The Morgan fingerprint density at radius 1 is 1.64 bits per heavy atom. The van der Waals surface area contributed by atoms with Gasteiger partial charge in [0.2, 0.25) is 0 Å². The van der Waals surface area contributed by atoms with Crippen molar-refractivity contribution in [3.05, 3.63) is 0 Å². The van der Waals surface area contributed by atoms with Crippen LogP contribution in [0.4, 0.5) is 0 Å². The summed E-state index contributed by atoms with van der Waals surface area (Å²) in [5, 5.41) is 29.6. The molecule has 1 rings (SSSR count). The fraction of sp³-hybridized carbons (Fsp3) is 0.833. The second kappa shape index (κ2) is 3.66. The van der Waals surface area contributed by atoms with E-state index >= 15 is 0 Å². The predicted molar refractivity (Wildman–Crippen MR) is 37.1 cm³/mol. The molecule has 0 aromatic heterocycles. The minimum Gasteiger partial charge on any atom is -0.394 e. The zero-order valence-corrected chi connectivity index (χ0v) is 5.97. The van der Waals surface area contributed by atoms with E-state index in [1.165, 1.54) is 0 Å². The second-order valence-electron chi connectivity index (χ2n) is 2.41. The molecule has 0 aromatic rings. The van der Waals surface area contributed by atoms with Gasteiger partial charge in [0, 0.05) is 6.42 Å². The van der Waals surface area contributed by atoms with Crippen molar-refractivity contribution < 1.29 is 20.2 Å². The molecule has 0 spiro atoms. The van der Waals surface area contributed by atoms with Crippen LogP contribution in [0.15, 0.2) is 5.16 Å². The van der Waals surface area contributed by atoms with Crippen molar-refractivity contribution in [3.8, 4) is 0 Å². The molecule has 0 bridgehead atoms. The Balaban J connectivity index is 2.34. The number of aliphatic hydroxyl groups is 3. The van der Waals surface area contributed by atoms with E-state index in [1.54, 1.807) is 0 Å². The number of hydrogen-bond donors (Lipinski definition) is 3. The van der Waals surface area contributed by atoms with Gasteiger partial charge in [-0.05, 0) is 0 Å². The van der Waals surface area contributed by atoms with Crippen LogP contribution in [-0.2, 0) is 4.84 Å². The molecule has 0 fully saturated rings. The summed E-state index contributed by atoms with van der Waals surface area (Å²) in [5.74, 6) is 0. The Kier molecular flexibility index (Phi) is 2.81. The summed E-state index contributed by atoms with van der Waals surface area (Å²) in [6.07, 6.45) is -1.02. The molecule has 11 heavy (non-hydrogen) atoms.